The van der Waals surface area contributed by atoms with Crippen LogP contribution >= 0.6 is 22.6 Å². The molecule has 4 nitrogen and oxygen atoms in total. The fraction of sp³-hybridized carbons (Fsp3) is 0.579. The van der Waals surface area contributed by atoms with Crippen LogP contribution in [-0.2, 0) is 16.0 Å². The van der Waals surface area contributed by atoms with Crippen molar-refractivity contribution in [3.05, 3.63) is 33.4 Å². The smallest absolute Gasteiger partial charge is 0.245 e. The molecule has 0 unspecified atom stereocenters. The van der Waals surface area contributed by atoms with Crippen molar-refractivity contribution in [3.8, 4) is 0 Å². The first kappa shape index (κ1) is 17.7. The largest absolute Gasteiger partial charge is 0.341 e. The highest BCUT2D eigenvalue weighted by molar-refractivity contribution is 14.1. The molecular formula is C19H25IN2O2. The second-order valence-corrected chi connectivity index (χ2v) is 8.00. The van der Waals surface area contributed by atoms with Crippen LogP contribution in [0.2, 0.25) is 0 Å². The number of amides is 2. The van der Waals surface area contributed by atoms with Gasteiger partial charge in [0.25, 0.3) is 0 Å². The number of benzene rings is 1. The van der Waals surface area contributed by atoms with Gasteiger partial charge in [-0.1, -0.05) is 12.1 Å². The molecule has 5 heteroatoms. The Labute approximate surface area is 157 Å². The van der Waals surface area contributed by atoms with E-state index in [9.17, 15) is 9.59 Å². The monoisotopic (exact) mass is 440 g/mol. The van der Waals surface area contributed by atoms with Gasteiger partial charge in [0.1, 0.15) is 6.04 Å². The third kappa shape index (κ3) is 4.29. The van der Waals surface area contributed by atoms with Crippen LogP contribution in [0.1, 0.15) is 44.1 Å². The minimum Gasteiger partial charge on any atom is -0.341 e. The van der Waals surface area contributed by atoms with Crippen LogP contribution in [0.5, 0.6) is 0 Å². The van der Waals surface area contributed by atoms with Crippen LogP contribution in [0.3, 0.4) is 0 Å². The van der Waals surface area contributed by atoms with Gasteiger partial charge in [-0.3, -0.25) is 9.59 Å². The second kappa shape index (κ2) is 8.32. The molecule has 2 saturated heterocycles. The number of aryl methyl sites for hydroxylation is 1. The van der Waals surface area contributed by atoms with Gasteiger partial charge in [-0.15, -0.1) is 0 Å². The van der Waals surface area contributed by atoms with E-state index in [1.54, 1.807) is 0 Å². The Balaban J connectivity index is 1.49. The summed E-state index contributed by atoms with van der Waals surface area (Å²) in [6.07, 6.45) is 6.29. The van der Waals surface area contributed by atoms with Crippen molar-refractivity contribution in [3.63, 3.8) is 0 Å². The molecule has 0 aliphatic carbocycles. The molecule has 130 valence electrons. The first-order chi connectivity index (χ1) is 11.6. The van der Waals surface area contributed by atoms with Crippen molar-refractivity contribution in [2.75, 3.05) is 19.6 Å². The Bertz CT molecular complexity index is 582. The first-order valence-corrected chi connectivity index (χ1v) is 10.1. The molecule has 0 saturated carbocycles. The number of halogens is 1. The van der Waals surface area contributed by atoms with Gasteiger partial charge in [0.15, 0.2) is 0 Å². The van der Waals surface area contributed by atoms with Crippen LogP contribution in [0.15, 0.2) is 24.3 Å². The van der Waals surface area contributed by atoms with Crippen LogP contribution < -0.4 is 0 Å². The van der Waals surface area contributed by atoms with Crippen LogP contribution in [0.25, 0.3) is 0 Å². The summed E-state index contributed by atoms with van der Waals surface area (Å²) in [7, 11) is 0. The molecule has 1 aromatic carbocycles. The van der Waals surface area contributed by atoms with E-state index < -0.39 is 0 Å². The second-order valence-electron chi connectivity index (χ2n) is 6.76. The molecule has 0 radical (unpaired) electrons. The maximum absolute atomic E-state index is 12.6. The molecule has 3 rings (SSSR count). The number of rotatable bonds is 5. The molecule has 2 amide bonds. The van der Waals surface area contributed by atoms with Crippen molar-refractivity contribution >= 4 is 34.4 Å². The summed E-state index contributed by atoms with van der Waals surface area (Å²) in [5.74, 6) is 0.326. The molecule has 0 aromatic heterocycles. The zero-order chi connectivity index (χ0) is 16.9. The van der Waals surface area contributed by atoms with Crippen LogP contribution in [-0.4, -0.2) is 47.3 Å². The van der Waals surface area contributed by atoms with Crippen molar-refractivity contribution in [1.29, 1.82) is 0 Å². The van der Waals surface area contributed by atoms with Gasteiger partial charge >= 0.3 is 0 Å². The predicted octanol–water partition coefficient (Wildman–Crippen LogP) is 3.23. The molecule has 2 heterocycles. The molecule has 0 spiro atoms. The van der Waals surface area contributed by atoms with Crippen molar-refractivity contribution in [2.24, 2.45) is 0 Å². The minimum absolute atomic E-state index is 0.149. The highest BCUT2D eigenvalue weighted by atomic mass is 127. The minimum atomic E-state index is -0.200. The number of hydrogen-bond acceptors (Lipinski definition) is 2. The summed E-state index contributed by atoms with van der Waals surface area (Å²) in [6.45, 7) is 2.47. The van der Waals surface area contributed by atoms with E-state index >= 15 is 0 Å². The standard InChI is InChI=1S/C19H25IN2O2/c20-16-10-8-15(9-11-16)5-3-7-18(23)22-14-4-6-17(22)19(24)21-12-1-2-13-21/h8-11,17H,1-7,12-14H2/t17-/m0/s1. The normalized spacial score (nSPS) is 20.6. The summed E-state index contributed by atoms with van der Waals surface area (Å²) in [5, 5.41) is 0. The van der Waals surface area contributed by atoms with Gasteiger partial charge in [0.2, 0.25) is 11.8 Å². The topological polar surface area (TPSA) is 40.6 Å². The quantitative estimate of drug-likeness (QED) is 0.660. The lowest BCUT2D eigenvalue weighted by Crippen LogP contribution is -2.46. The van der Waals surface area contributed by atoms with E-state index in [0.29, 0.717) is 6.42 Å². The SMILES string of the molecule is O=C([C@@H]1CCCN1C(=O)CCCc1ccc(I)cc1)N1CCCC1. The van der Waals surface area contributed by atoms with Crippen molar-refractivity contribution in [2.45, 2.75) is 51.0 Å². The molecule has 2 fully saturated rings. The summed E-state index contributed by atoms with van der Waals surface area (Å²) >= 11 is 2.30. The van der Waals surface area contributed by atoms with E-state index in [1.807, 2.05) is 9.80 Å². The van der Waals surface area contributed by atoms with E-state index in [2.05, 4.69) is 46.9 Å². The van der Waals surface area contributed by atoms with Crippen LogP contribution in [0.4, 0.5) is 0 Å². The summed E-state index contributed by atoms with van der Waals surface area (Å²) in [5.41, 5.74) is 1.27. The van der Waals surface area contributed by atoms with Gasteiger partial charge in [0, 0.05) is 29.6 Å². The van der Waals surface area contributed by atoms with Crippen molar-refractivity contribution in [1.82, 2.24) is 9.80 Å². The molecule has 2 aliphatic heterocycles. The van der Waals surface area contributed by atoms with Crippen molar-refractivity contribution < 1.29 is 9.59 Å². The van der Waals surface area contributed by atoms with E-state index in [4.69, 9.17) is 0 Å². The molecule has 0 bridgehead atoms. The Morgan fingerprint density at radius 3 is 2.46 bits per heavy atom. The first-order valence-electron chi connectivity index (χ1n) is 8.98. The lowest BCUT2D eigenvalue weighted by atomic mass is 10.1. The van der Waals surface area contributed by atoms with Gasteiger partial charge in [-0.2, -0.15) is 0 Å². The number of carbonyl (C=O) groups excluding carboxylic acids is 2. The van der Waals surface area contributed by atoms with Gasteiger partial charge in [-0.05, 0) is 78.8 Å². The number of nitrogens with zero attached hydrogens (tertiary/aromatic N) is 2. The van der Waals surface area contributed by atoms with Crippen LogP contribution in [0, 0.1) is 3.57 Å². The number of likely N-dealkylation sites (tertiary alicyclic amines) is 2. The summed E-state index contributed by atoms with van der Waals surface area (Å²) in [6, 6.07) is 8.25. The molecule has 1 aromatic rings. The average molecular weight is 440 g/mol. The third-order valence-electron chi connectivity index (χ3n) is 5.05. The maximum atomic E-state index is 12.6. The van der Waals surface area contributed by atoms with E-state index in [-0.39, 0.29) is 17.9 Å². The molecule has 2 aliphatic rings. The molecular weight excluding hydrogens is 415 g/mol. The zero-order valence-corrected chi connectivity index (χ0v) is 16.2. The molecule has 24 heavy (non-hydrogen) atoms. The number of hydrogen-bond donors (Lipinski definition) is 0. The Hall–Kier alpha value is -1.11. The maximum Gasteiger partial charge on any atom is 0.245 e. The Morgan fingerprint density at radius 2 is 1.75 bits per heavy atom. The Morgan fingerprint density at radius 1 is 1.04 bits per heavy atom. The molecule has 0 N–H and O–H groups in total. The third-order valence-corrected chi connectivity index (χ3v) is 5.76. The Kier molecular flexibility index (Phi) is 6.14. The fourth-order valence-electron chi connectivity index (χ4n) is 3.71. The summed E-state index contributed by atoms with van der Waals surface area (Å²) in [4.78, 5) is 29.0. The predicted molar refractivity (Wildman–Crippen MR) is 103 cm³/mol. The van der Waals surface area contributed by atoms with E-state index in [1.165, 1.54) is 9.13 Å². The fourth-order valence-corrected chi connectivity index (χ4v) is 4.07. The summed E-state index contributed by atoms with van der Waals surface area (Å²) < 4.78 is 1.23. The van der Waals surface area contributed by atoms with Gasteiger partial charge < -0.3 is 9.80 Å². The lowest BCUT2D eigenvalue weighted by Gasteiger charge is -2.27. The average Bonchev–Trinajstić information content (AvgIpc) is 3.27. The highest BCUT2D eigenvalue weighted by Crippen LogP contribution is 2.23. The highest BCUT2D eigenvalue weighted by Gasteiger charge is 2.36. The van der Waals surface area contributed by atoms with Gasteiger partial charge in [-0.25, -0.2) is 0 Å². The number of carbonyl (C=O) groups is 2. The van der Waals surface area contributed by atoms with E-state index in [0.717, 1.165) is 58.2 Å². The zero-order valence-electron chi connectivity index (χ0n) is 14.0. The van der Waals surface area contributed by atoms with Gasteiger partial charge in [0.05, 0.1) is 0 Å². The lowest BCUT2D eigenvalue weighted by molar-refractivity contribution is -0.143. The molecule has 1 atom stereocenters.